The number of para-hydroxylation sites is 1. The lowest BCUT2D eigenvalue weighted by molar-refractivity contribution is -0.136. The van der Waals surface area contributed by atoms with Crippen molar-refractivity contribution >= 4 is 62.7 Å². The van der Waals surface area contributed by atoms with E-state index in [4.69, 9.17) is 5.11 Å². The number of hydrogen-bond donors (Lipinski definition) is 1. The number of carboxylic acids is 1. The van der Waals surface area contributed by atoms with Crippen molar-refractivity contribution in [2.24, 2.45) is 0 Å². The number of carboxylic acid groups (broad SMARTS) is 1. The van der Waals surface area contributed by atoms with Gasteiger partial charge in [0.05, 0.1) is 0 Å². The van der Waals surface area contributed by atoms with Crippen LogP contribution in [0.2, 0.25) is 0 Å². The minimum Gasteiger partial charge on any atom is -0.480 e. The van der Waals surface area contributed by atoms with Crippen LogP contribution in [0.5, 0.6) is 0 Å². The number of aliphatic carboxylic acids is 1. The average Bonchev–Trinajstić information content (AvgIpc) is 2.52. The molecule has 6 heteroatoms. The van der Waals surface area contributed by atoms with Crippen molar-refractivity contribution in [2.45, 2.75) is 3.42 Å². The van der Waals surface area contributed by atoms with Crippen LogP contribution in [-0.4, -0.2) is 28.0 Å². The molecule has 1 atom stereocenters. The summed E-state index contributed by atoms with van der Waals surface area (Å²) in [7, 11) is 0. The van der Waals surface area contributed by atoms with Crippen molar-refractivity contribution in [3.63, 3.8) is 0 Å². The average molecular weight is 457 g/mol. The van der Waals surface area contributed by atoms with Crippen LogP contribution in [0.15, 0.2) is 24.3 Å². The second-order valence-electron chi connectivity index (χ2n) is 3.74. The Balaban J connectivity index is 2.53. The van der Waals surface area contributed by atoms with Gasteiger partial charge in [0.15, 0.2) is 0 Å². The van der Waals surface area contributed by atoms with Crippen molar-refractivity contribution < 1.29 is 14.7 Å². The van der Waals surface area contributed by atoms with E-state index in [1.807, 2.05) is 18.2 Å². The van der Waals surface area contributed by atoms with Gasteiger partial charge in [-0.1, -0.05) is 63.4 Å². The van der Waals surface area contributed by atoms with Crippen molar-refractivity contribution in [3.05, 3.63) is 29.8 Å². The second kappa shape index (κ2) is 4.71. The predicted octanol–water partition coefficient (Wildman–Crippen LogP) is 2.18. The molecule has 17 heavy (non-hydrogen) atoms. The fourth-order valence-corrected chi connectivity index (χ4v) is 3.39. The normalized spacial score (nSPS) is 22.7. The van der Waals surface area contributed by atoms with E-state index in [0.29, 0.717) is 10.1 Å². The minimum atomic E-state index is -0.998. The molecule has 1 N–H and O–H groups in total. The first-order valence-corrected chi connectivity index (χ1v) is 7.49. The Morgan fingerprint density at radius 2 is 2.06 bits per heavy atom. The molecule has 90 valence electrons. The van der Waals surface area contributed by atoms with Gasteiger partial charge in [-0.15, -0.1) is 0 Å². The highest BCUT2D eigenvalue weighted by molar-refractivity contribution is 14.1. The molecule has 0 bridgehead atoms. The summed E-state index contributed by atoms with van der Waals surface area (Å²) in [4.78, 5) is 24.5. The Labute approximate surface area is 126 Å². The molecule has 0 aliphatic carbocycles. The number of hydrogen-bond acceptors (Lipinski definition) is 2. The molecule has 1 aromatic rings. The predicted molar refractivity (Wildman–Crippen MR) is 81.0 cm³/mol. The number of carbonyl (C=O) groups is 2. The molecule has 0 radical (unpaired) electrons. The van der Waals surface area contributed by atoms with Crippen LogP contribution < -0.4 is 4.90 Å². The van der Waals surface area contributed by atoms with E-state index in [1.54, 1.807) is 6.07 Å². The molecule has 1 heterocycles. The SMILES string of the molecule is O=C(O)CN1C(=O)C(I)(CI)c2ccccc21. The zero-order valence-electron chi connectivity index (χ0n) is 8.69. The summed E-state index contributed by atoms with van der Waals surface area (Å²) in [6.45, 7) is -0.281. The van der Waals surface area contributed by atoms with Gasteiger partial charge in [0.1, 0.15) is 9.97 Å². The number of benzene rings is 1. The monoisotopic (exact) mass is 457 g/mol. The van der Waals surface area contributed by atoms with E-state index in [9.17, 15) is 9.59 Å². The maximum Gasteiger partial charge on any atom is 0.323 e. The van der Waals surface area contributed by atoms with Gasteiger partial charge in [-0.25, -0.2) is 0 Å². The Morgan fingerprint density at radius 3 is 2.65 bits per heavy atom. The summed E-state index contributed by atoms with van der Waals surface area (Å²) in [5, 5.41) is 8.86. The number of fused-ring (bicyclic) bond motifs is 1. The second-order valence-corrected chi connectivity index (χ2v) is 6.34. The summed E-state index contributed by atoms with van der Waals surface area (Å²) in [6.07, 6.45) is 0. The highest BCUT2D eigenvalue weighted by Crippen LogP contribution is 2.47. The zero-order chi connectivity index (χ0) is 12.6. The molecule has 1 aromatic carbocycles. The first-order chi connectivity index (χ1) is 8.00. The topological polar surface area (TPSA) is 57.6 Å². The lowest BCUT2D eigenvalue weighted by atomic mass is 10.0. The molecule has 0 spiro atoms. The summed E-state index contributed by atoms with van der Waals surface area (Å²) in [5.41, 5.74) is 1.62. The molecule has 0 aromatic heterocycles. The van der Waals surface area contributed by atoms with Crippen LogP contribution in [0.3, 0.4) is 0 Å². The fraction of sp³-hybridized carbons (Fsp3) is 0.273. The summed E-state index contributed by atoms with van der Waals surface area (Å²) in [6, 6.07) is 7.37. The van der Waals surface area contributed by atoms with E-state index in [0.717, 1.165) is 5.56 Å². The number of anilines is 1. The van der Waals surface area contributed by atoms with Crippen molar-refractivity contribution in [1.29, 1.82) is 0 Å². The maximum atomic E-state index is 12.3. The van der Waals surface area contributed by atoms with Gasteiger partial charge in [-0.05, 0) is 6.07 Å². The molecular weight excluding hydrogens is 448 g/mol. The van der Waals surface area contributed by atoms with Gasteiger partial charge < -0.3 is 5.11 Å². The smallest absolute Gasteiger partial charge is 0.323 e. The number of carbonyl (C=O) groups excluding carboxylic acids is 1. The molecule has 1 aliphatic rings. The third-order valence-electron chi connectivity index (χ3n) is 2.68. The third-order valence-corrected chi connectivity index (χ3v) is 6.71. The quantitative estimate of drug-likeness (QED) is 0.560. The standard InChI is InChI=1S/C11H9I2NO3/c12-6-11(13)7-3-1-2-4-8(7)14(10(11)17)5-9(15)16/h1-4H,5-6H2,(H,15,16). The van der Waals surface area contributed by atoms with Crippen LogP contribution >= 0.6 is 45.2 Å². The Hall–Kier alpha value is -0.380. The number of amides is 1. The number of rotatable bonds is 3. The van der Waals surface area contributed by atoms with Crippen molar-refractivity contribution in [3.8, 4) is 0 Å². The van der Waals surface area contributed by atoms with Crippen LogP contribution in [0.4, 0.5) is 5.69 Å². The van der Waals surface area contributed by atoms with Gasteiger partial charge in [-0.2, -0.15) is 0 Å². The number of halogens is 2. The molecule has 1 aliphatic heterocycles. The molecule has 0 fully saturated rings. The lowest BCUT2D eigenvalue weighted by Crippen LogP contribution is -2.39. The Bertz CT molecular complexity index is 491. The zero-order valence-corrected chi connectivity index (χ0v) is 13.0. The van der Waals surface area contributed by atoms with E-state index in [1.165, 1.54) is 4.90 Å². The summed E-state index contributed by atoms with van der Waals surface area (Å²) < 4.78 is -0.0123. The van der Waals surface area contributed by atoms with Crippen LogP contribution in [0.25, 0.3) is 0 Å². The molecule has 0 saturated carbocycles. The van der Waals surface area contributed by atoms with E-state index >= 15 is 0 Å². The first-order valence-electron chi connectivity index (χ1n) is 4.89. The summed E-state index contributed by atoms with van der Waals surface area (Å²) in [5.74, 6) is -1.14. The summed E-state index contributed by atoms with van der Waals surface area (Å²) >= 11 is 4.28. The van der Waals surface area contributed by atoms with E-state index < -0.39 is 9.39 Å². The van der Waals surface area contributed by atoms with Crippen molar-refractivity contribution in [1.82, 2.24) is 0 Å². The van der Waals surface area contributed by atoms with E-state index in [2.05, 4.69) is 45.2 Å². The lowest BCUT2D eigenvalue weighted by Gasteiger charge is -2.19. The highest BCUT2D eigenvalue weighted by atomic mass is 127. The van der Waals surface area contributed by atoms with Crippen LogP contribution in [-0.2, 0) is 13.0 Å². The van der Waals surface area contributed by atoms with Gasteiger partial charge in [0.25, 0.3) is 0 Å². The largest absolute Gasteiger partial charge is 0.480 e. The molecular formula is C11H9I2NO3. The van der Waals surface area contributed by atoms with Gasteiger partial charge in [0, 0.05) is 15.7 Å². The third kappa shape index (κ3) is 2.05. The van der Waals surface area contributed by atoms with Gasteiger partial charge in [-0.3, -0.25) is 14.5 Å². The van der Waals surface area contributed by atoms with E-state index in [-0.39, 0.29) is 12.5 Å². The molecule has 1 amide bonds. The molecule has 2 rings (SSSR count). The van der Waals surface area contributed by atoms with Gasteiger partial charge in [0.2, 0.25) is 5.91 Å². The Kier molecular flexibility index (Phi) is 3.62. The van der Waals surface area contributed by atoms with Crippen LogP contribution in [0, 0.1) is 0 Å². The Morgan fingerprint density at radius 1 is 1.41 bits per heavy atom. The first kappa shape index (κ1) is 13.1. The molecule has 1 unspecified atom stereocenters. The number of alkyl halides is 2. The molecule has 0 saturated heterocycles. The van der Waals surface area contributed by atoms with Crippen molar-refractivity contribution in [2.75, 3.05) is 15.9 Å². The number of nitrogens with zero attached hydrogens (tertiary/aromatic N) is 1. The fourth-order valence-electron chi connectivity index (χ4n) is 1.90. The van der Waals surface area contributed by atoms with Crippen LogP contribution in [0.1, 0.15) is 5.56 Å². The minimum absolute atomic E-state index is 0.142. The maximum absolute atomic E-state index is 12.3. The van der Waals surface area contributed by atoms with Gasteiger partial charge >= 0.3 is 5.97 Å². The highest BCUT2D eigenvalue weighted by Gasteiger charge is 2.48. The molecule has 4 nitrogen and oxygen atoms in total.